The predicted octanol–water partition coefficient (Wildman–Crippen LogP) is 5.58. The Kier molecular flexibility index (Phi) is 3.69. The smallest absolute Gasteiger partial charge is 0.183 e. The Hall–Kier alpha value is -1.69. The van der Waals surface area contributed by atoms with Crippen LogP contribution in [0.5, 0.6) is 0 Å². The molecular weight excluding hydrogens is 375 g/mol. The maximum absolute atomic E-state index is 6.34. The topological polar surface area (TPSA) is 43.1 Å². The zero-order valence-electron chi connectivity index (χ0n) is 13.3. The summed E-state index contributed by atoms with van der Waals surface area (Å²) in [6.07, 6.45) is 7.76. The van der Waals surface area contributed by atoms with E-state index in [1.807, 2.05) is 6.07 Å². The third kappa shape index (κ3) is 2.53. The van der Waals surface area contributed by atoms with Gasteiger partial charge in [-0.2, -0.15) is 0 Å². The first-order valence-electron chi connectivity index (χ1n) is 8.32. The second kappa shape index (κ2) is 5.94. The monoisotopic (exact) mass is 388 g/mol. The van der Waals surface area contributed by atoms with Crippen LogP contribution in [0.15, 0.2) is 24.5 Å². The molecule has 1 aliphatic rings. The Bertz CT molecular complexity index is 1120. The first kappa shape index (κ1) is 15.6. The van der Waals surface area contributed by atoms with Crippen molar-refractivity contribution >= 4 is 50.4 Å². The molecule has 1 aliphatic carbocycles. The summed E-state index contributed by atoms with van der Waals surface area (Å²) < 4.78 is 1.76. The molecule has 126 valence electrons. The highest BCUT2D eigenvalue weighted by atomic mass is 35.5. The molecule has 0 bridgehead atoms. The Morgan fingerprint density at radius 3 is 2.84 bits per heavy atom. The van der Waals surface area contributed by atoms with Crippen molar-refractivity contribution in [2.45, 2.75) is 32.1 Å². The molecule has 4 aromatic rings. The van der Waals surface area contributed by atoms with Gasteiger partial charge in [0.25, 0.3) is 0 Å². The quantitative estimate of drug-likeness (QED) is 0.399. The predicted molar refractivity (Wildman–Crippen MR) is 103 cm³/mol. The Labute approximate surface area is 158 Å². The zero-order valence-corrected chi connectivity index (χ0v) is 15.6. The maximum Gasteiger partial charge on any atom is 0.183 e. The number of benzene rings is 1. The maximum atomic E-state index is 6.34. The summed E-state index contributed by atoms with van der Waals surface area (Å²) in [4.78, 5) is 11.9. The minimum absolute atomic E-state index is 0.553. The highest BCUT2D eigenvalue weighted by Gasteiger charge is 2.20. The molecule has 0 saturated heterocycles. The molecule has 0 saturated carbocycles. The van der Waals surface area contributed by atoms with Gasteiger partial charge in [0, 0.05) is 15.5 Å². The number of nitrogens with zero attached hydrogens (tertiary/aromatic N) is 4. The van der Waals surface area contributed by atoms with Gasteiger partial charge in [0.2, 0.25) is 0 Å². The Balaban J connectivity index is 1.76. The van der Waals surface area contributed by atoms with E-state index in [0.717, 1.165) is 34.3 Å². The van der Waals surface area contributed by atoms with Crippen LogP contribution in [0.3, 0.4) is 0 Å². The van der Waals surface area contributed by atoms with Crippen LogP contribution >= 0.6 is 34.5 Å². The molecule has 0 amide bonds. The molecule has 5 rings (SSSR count). The van der Waals surface area contributed by atoms with Gasteiger partial charge in [-0.1, -0.05) is 29.6 Å². The largest absolute Gasteiger partial charge is 0.225 e. The lowest BCUT2D eigenvalue weighted by atomic mass is 10.1. The number of hydrogen-bond acceptors (Lipinski definition) is 4. The summed E-state index contributed by atoms with van der Waals surface area (Å²) in [7, 11) is 0. The molecule has 0 aliphatic heterocycles. The lowest BCUT2D eigenvalue weighted by molar-refractivity contribution is 0.713. The molecule has 0 N–H and O–H groups in total. The number of fused-ring (bicyclic) bond motifs is 5. The summed E-state index contributed by atoms with van der Waals surface area (Å²) in [6, 6.07) is 5.38. The van der Waals surface area contributed by atoms with E-state index in [-0.39, 0.29) is 0 Å². The van der Waals surface area contributed by atoms with Gasteiger partial charge in [-0.25, -0.2) is 14.5 Å². The van der Waals surface area contributed by atoms with Crippen molar-refractivity contribution in [3.63, 3.8) is 0 Å². The lowest BCUT2D eigenvalue weighted by Crippen LogP contribution is -1.92. The van der Waals surface area contributed by atoms with E-state index in [0.29, 0.717) is 15.9 Å². The van der Waals surface area contributed by atoms with Gasteiger partial charge in [-0.05, 0) is 49.4 Å². The van der Waals surface area contributed by atoms with Gasteiger partial charge >= 0.3 is 0 Å². The molecule has 4 nitrogen and oxygen atoms in total. The van der Waals surface area contributed by atoms with Crippen molar-refractivity contribution in [1.82, 2.24) is 19.6 Å². The standard InChI is InChI=1S/C18H14Cl2N4S/c19-10-6-7-11(13(20)8-10)16-22-17-15-12-4-2-1-3-5-14(12)25-18(15)21-9-24(17)23-16/h6-9H,1-5H2. The first-order valence-corrected chi connectivity index (χ1v) is 9.89. The number of halogens is 2. The molecule has 0 unspecified atom stereocenters. The van der Waals surface area contributed by atoms with E-state index in [4.69, 9.17) is 28.2 Å². The van der Waals surface area contributed by atoms with E-state index < -0.39 is 0 Å². The number of rotatable bonds is 1. The van der Waals surface area contributed by atoms with Gasteiger partial charge in [0.05, 0.1) is 10.4 Å². The van der Waals surface area contributed by atoms with Gasteiger partial charge < -0.3 is 0 Å². The van der Waals surface area contributed by atoms with Crippen LogP contribution in [0.25, 0.3) is 27.3 Å². The molecule has 0 atom stereocenters. The molecule has 0 fully saturated rings. The fraction of sp³-hybridized carbons (Fsp3) is 0.278. The minimum Gasteiger partial charge on any atom is -0.225 e. The van der Waals surface area contributed by atoms with E-state index in [1.54, 1.807) is 34.3 Å². The molecule has 1 aromatic carbocycles. The minimum atomic E-state index is 0.553. The van der Waals surface area contributed by atoms with Crippen LogP contribution in [0.2, 0.25) is 10.0 Å². The molecule has 0 radical (unpaired) electrons. The van der Waals surface area contributed by atoms with Crippen LogP contribution in [0, 0.1) is 0 Å². The van der Waals surface area contributed by atoms with Crippen LogP contribution < -0.4 is 0 Å². The molecule has 3 aromatic heterocycles. The number of thiophene rings is 1. The fourth-order valence-electron chi connectivity index (χ4n) is 3.52. The molecule has 0 spiro atoms. The Morgan fingerprint density at radius 1 is 1.08 bits per heavy atom. The summed E-state index contributed by atoms with van der Waals surface area (Å²) in [5.74, 6) is 0.601. The highest BCUT2D eigenvalue weighted by molar-refractivity contribution is 7.19. The molecular formula is C18H14Cl2N4S. The van der Waals surface area contributed by atoms with Crippen LogP contribution in [0.4, 0.5) is 0 Å². The van der Waals surface area contributed by atoms with Crippen molar-refractivity contribution in [3.05, 3.63) is 45.0 Å². The summed E-state index contributed by atoms with van der Waals surface area (Å²) >= 11 is 14.1. The first-order chi connectivity index (χ1) is 12.2. The second-order valence-corrected chi connectivity index (χ2v) is 8.24. The lowest BCUT2D eigenvalue weighted by Gasteiger charge is -1.99. The van der Waals surface area contributed by atoms with E-state index in [9.17, 15) is 0 Å². The average Bonchev–Trinajstić information content (AvgIpc) is 3.08. The van der Waals surface area contributed by atoms with Crippen LogP contribution in [-0.2, 0) is 12.8 Å². The molecule has 3 heterocycles. The number of hydrogen-bond donors (Lipinski definition) is 0. The zero-order chi connectivity index (χ0) is 17.0. The van der Waals surface area contributed by atoms with Crippen molar-refractivity contribution in [2.24, 2.45) is 0 Å². The Morgan fingerprint density at radius 2 is 1.96 bits per heavy atom. The normalized spacial score (nSPS) is 14.8. The van der Waals surface area contributed by atoms with Gasteiger partial charge in [0.1, 0.15) is 11.2 Å². The third-order valence-corrected chi connectivity index (χ3v) is 6.46. The van der Waals surface area contributed by atoms with Crippen molar-refractivity contribution in [1.29, 1.82) is 0 Å². The van der Waals surface area contributed by atoms with Gasteiger partial charge in [0.15, 0.2) is 11.5 Å². The highest BCUT2D eigenvalue weighted by Crippen LogP contribution is 2.37. The van der Waals surface area contributed by atoms with Gasteiger partial charge in [-0.15, -0.1) is 16.4 Å². The average molecular weight is 389 g/mol. The number of aryl methyl sites for hydroxylation is 2. The van der Waals surface area contributed by atoms with E-state index in [1.165, 1.54) is 29.7 Å². The third-order valence-electron chi connectivity index (χ3n) is 4.71. The summed E-state index contributed by atoms with van der Waals surface area (Å²) in [5, 5.41) is 6.91. The SMILES string of the molecule is Clc1ccc(-c2nc3c4c5c(sc4ncn3n2)CCCCC5)c(Cl)c1. The van der Waals surface area contributed by atoms with Crippen LogP contribution in [-0.4, -0.2) is 19.6 Å². The summed E-state index contributed by atoms with van der Waals surface area (Å²) in [5.41, 5.74) is 3.06. The summed E-state index contributed by atoms with van der Waals surface area (Å²) in [6.45, 7) is 0. The van der Waals surface area contributed by atoms with Crippen molar-refractivity contribution < 1.29 is 0 Å². The van der Waals surface area contributed by atoms with Crippen molar-refractivity contribution in [3.8, 4) is 11.4 Å². The van der Waals surface area contributed by atoms with Crippen molar-refractivity contribution in [2.75, 3.05) is 0 Å². The van der Waals surface area contributed by atoms with Gasteiger partial charge in [-0.3, -0.25) is 0 Å². The second-order valence-electron chi connectivity index (χ2n) is 6.32. The van der Waals surface area contributed by atoms with E-state index >= 15 is 0 Å². The van der Waals surface area contributed by atoms with E-state index in [2.05, 4.69) is 10.1 Å². The number of aromatic nitrogens is 4. The molecule has 25 heavy (non-hydrogen) atoms. The fourth-order valence-corrected chi connectivity index (χ4v) is 5.23. The molecule has 7 heteroatoms. The van der Waals surface area contributed by atoms with Crippen LogP contribution in [0.1, 0.15) is 29.7 Å².